The van der Waals surface area contributed by atoms with Crippen molar-refractivity contribution in [3.8, 4) is 0 Å². The third kappa shape index (κ3) is 2.63. The molecule has 0 bridgehead atoms. The van der Waals surface area contributed by atoms with Crippen molar-refractivity contribution in [3.63, 3.8) is 0 Å². The Morgan fingerprint density at radius 1 is 1.47 bits per heavy atom. The summed E-state index contributed by atoms with van der Waals surface area (Å²) < 4.78 is 14.0. The van der Waals surface area contributed by atoms with Gasteiger partial charge in [-0.3, -0.25) is 4.79 Å². The van der Waals surface area contributed by atoms with Crippen molar-refractivity contribution >= 4 is 5.91 Å². The van der Waals surface area contributed by atoms with E-state index >= 15 is 0 Å². The van der Waals surface area contributed by atoms with E-state index < -0.39 is 0 Å². The van der Waals surface area contributed by atoms with Crippen LogP contribution in [0.5, 0.6) is 0 Å². The van der Waals surface area contributed by atoms with E-state index in [1.807, 2.05) is 13.8 Å². The molecular formula is C15H21FN2O. The monoisotopic (exact) mass is 264 g/mol. The van der Waals surface area contributed by atoms with Gasteiger partial charge in [0.2, 0.25) is 5.91 Å². The van der Waals surface area contributed by atoms with Gasteiger partial charge in [-0.05, 0) is 25.8 Å². The summed E-state index contributed by atoms with van der Waals surface area (Å²) in [5.74, 6) is -0.213. The summed E-state index contributed by atoms with van der Waals surface area (Å²) in [6.07, 6.45) is 1.91. The molecular weight excluding hydrogens is 243 g/mol. The highest BCUT2D eigenvalue weighted by Crippen LogP contribution is 2.34. The van der Waals surface area contributed by atoms with Gasteiger partial charge in [-0.15, -0.1) is 0 Å². The fourth-order valence-electron chi connectivity index (χ4n) is 2.75. The average molecular weight is 264 g/mol. The third-order valence-corrected chi connectivity index (χ3v) is 3.97. The smallest absolute Gasteiger partial charge is 0.223 e. The number of nitrogens with zero attached hydrogens (tertiary/aromatic N) is 1. The van der Waals surface area contributed by atoms with Crippen molar-refractivity contribution in [1.29, 1.82) is 0 Å². The molecule has 1 aliphatic rings. The second-order valence-corrected chi connectivity index (χ2v) is 5.23. The van der Waals surface area contributed by atoms with Gasteiger partial charge < -0.3 is 10.6 Å². The maximum atomic E-state index is 14.0. The summed E-state index contributed by atoms with van der Waals surface area (Å²) in [5, 5.41) is 0. The molecule has 1 fully saturated rings. The molecule has 1 aromatic carbocycles. The van der Waals surface area contributed by atoms with Crippen LogP contribution >= 0.6 is 0 Å². The molecule has 1 aromatic rings. The lowest BCUT2D eigenvalue weighted by atomic mass is 9.88. The van der Waals surface area contributed by atoms with E-state index in [9.17, 15) is 9.18 Å². The number of hydrogen-bond acceptors (Lipinski definition) is 2. The molecule has 3 nitrogen and oxygen atoms in total. The summed E-state index contributed by atoms with van der Waals surface area (Å²) in [7, 11) is 0. The van der Waals surface area contributed by atoms with Crippen LogP contribution in [0.15, 0.2) is 24.3 Å². The molecule has 0 saturated carbocycles. The van der Waals surface area contributed by atoms with Crippen molar-refractivity contribution in [3.05, 3.63) is 35.6 Å². The number of benzene rings is 1. The lowest BCUT2D eigenvalue weighted by Gasteiger charge is -2.43. The molecule has 1 saturated heterocycles. The minimum atomic E-state index is -0.350. The van der Waals surface area contributed by atoms with E-state index in [0.29, 0.717) is 18.4 Å². The zero-order valence-corrected chi connectivity index (χ0v) is 11.5. The minimum absolute atomic E-state index is 0.0726. The molecule has 1 aliphatic heterocycles. The number of carbonyl (C=O) groups excluding carboxylic acids is 1. The van der Waals surface area contributed by atoms with E-state index in [1.165, 1.54) is 6.07 Å². The van der Waals surface area contributed by atoms with Gasteiger partial charge in [0, 0.05) is 24.1 Å². The van der Waals surface area contributed by atoms with Gasteiger partial charge in [0.05, 0.1) is 6.04 Å². The SMILES string of the molecule is CCC(C)N1C(=O)CCC(N)C1c1ccccc1F. The van der Waals surface area contributed by atoms with Crippen LogP contribution in [-0.2, 0) is 4.79 Å². The number of halogens is 1. The first kappa shape index (κ1) is 14.0. The Hall–Kier alpha value is -1.42. The maximum Gasteiger partial charge on any atom is 0.223 e. The number of carbonyl (C=O) groups is 1. The standard InChI is InChI=1S/C15H21FN2O/c1-3-10(2)18-14(19)9-8-13(17)15(18)11-6-4-5-7-12(11)16/h4-7,10,13,15H,3,8-9,17H2,1-2H3. The Kier molecular flexibility index (Phi) is 4.20. The Morgan fingerprint density at radius 2 is 2.16 bits per heavy atom. The van der Waals surface area contributed by atoms with E-state index in [1.54, 1.807) is 23.1 Å². The fraction of sp³-hybridized carbons (Fsp3) is 0.533. The highest BCUT2D eigenvalue weighted by atomic mass is 19.1. The Labute approximate surface area is 113 Å². The molecule has 0 radical (unpaired) electrons. The van der Waals surface area contributed by atoms with E-state index in [-0.39, 0.29) is 29.8 Å². The normalized spacial score (nSPS) is 25.5. The zero-order valence-electron chi connectivity index (χ0n) is 11.5. The van der Waals surface area contributed by atoms with Crippen molar-refractivity contribution in [2.45, 2.75) is 51.2 Å². The highest BCUT2D eigenvalue weighted by Gasteiger charge is 2.38. The predicted molar refractivity (Wildman–Crippen MR) is 72.9 cm³/mol. The van der Waals surface area contributed by atoms with Gasteiger partial charge in [-0.1, -0.05) is 25.1 Å². The predicted octanol–water partition coefficient (Wildman–Crippen LogP) is 2.62. The molecule has 1 heterocycles. The molecule has 1 amide bonds. The fourth-order valence-corrected chi connectivity index (χ4v) is 2.75. The van der Waals surface area contributed by atoms with Gasteiger partial charge in [-0.2, -0.15) is 0 Å². The van der Waals surface area contributed by atoms with Crippen molar-refractivity contribution in [2.75, 3.05) is 0 Å². The van der Waals surface area contributed by atoms with Crippen LogP contribution in [0.3, 0.4) is 0 Å². The van der Waals surface area contributed by atoms with Crippen molar-refractivity contribution in [2.24, 2.45) is 5.73 Å². The molecule has 4 heteroatoms. The first-order valence-electron chi connectivity index (χ1n) is 6.87. The molecule has 3 atom stereocenters. The minimum Gasteiger partial charge on any atom is -0.331 e. The van der Waals surface area contributed by atoms with Crippen LogP contribution in [0.4, 0.5) is 4.39 Å². The van der Waals surface area contributed by atoms with Crippen LogP contribution < -0.4 is 5.73 Å². The third-order valence-electron chi connectivity index (χ3n) is 3.97. The van der Waals surface area contributed by atoms with Gasteiger partial charge in [0.15, 0.2) is 0 Å². The van der Waals surface area contributed by atoms with Crippen molar-refractivity contribution in [1.82, 2.24) is 4.90 Å². The Balaban J connectivity index is 2.42. The molecule has 2 N–H and O–H groups in total. The van der Waals surface area contributed by atoms with Crippen molar-refractivity contribution < 1.29 is 9.18 Å². The van der Waals surface area contributed by atoms with Gasteiger partial charge in [0.1, 0.15) is 5.82 Å². The summed E-state index contributed by atoms with van der Waals surface area (Å²) in [6.45, 7) is 4.01. The summed E-state index contributed by atoms with van der Waals surface area (Å²) >= 11 is 0. The van der Waals surface area contributed by atoms with Gasteiger partial charge >= 0.3 is 0 Å². The van der Waals surface area contributed by atoms with Crippen LogP contribution in [0.1, 0.15) is 44.7 Å². The average Bonchev–Trinajstić information content (AvgIpc) is 2.41. The van der Waals surface area contributed by atoms with Gasteiger partial charge in [-0.25, -0.2) is 4.39 Å². The first-order chi connectivity index (χ1) is 9.06. The largest absolute Gasteiger partial charge is 0.331 e. The van der Waals surface area contributed by atoms with Crippen LogP contribution in [0.25, 0.3) is 0 Å². The number of rotatable bonds is 3. The quantitative estimate of drug-likeness (QED) is 0.912. The molecule has 3 unspecified atom stereocenters. The Morgan fingerprint density at radius 3 is 2.79 bits per heavy atom. The topological polar surface area (TPSA) is 46.3 Å². The Bertz CT molecular complexity index is 463. The zero-order chi connectivity index (χ0) is 14.0. The molecule has 104 valence electrons. The number of piperidine rings is 1. The molecule has 2 rings (SSSR count). The summed E-state index contributed by atoms with van der Waals surface area (Å²) in [6, 6.07) is 6.12. The molecule has 19 heavy (non-hydrogen) atoms. The number of nitrogens with two attached hydrogens (primary N) is 1. The molecule has 0 spiro atoms. The highest BCUT2D eigenvalue weighted by molar-refractivity contribution is 5.78. The van der Waals surface area contributed by atoms with Gasteiger partial charge in [0.25, 0.3) is 0 Å². The summed E-state index contributed by atoms with van der Waals surface area (Å²) in [4.78, 5) is 14.0. The van der Waals surface area contributed by atoms with Crippen LogP contribution in [-0.4, -0.2) is 22.9 Å². The molecule has 0 aromatic heterocycles. The second-order valence-electron chi connectivity index (χ2n) is 5.23. The number of likely N-dealkylation sites (tertiary alicyclic amines) is 1. The van der Waals surface area contributed by atoms with E-state index in [2.05, 4.69) is 0 Å². The summed E-state index contributed by atoms with van der Waals surface area (Å²) in [5.41, 5.74) is 6.70. The lowest BCUT2D eigenvalue weighted by Crippen LogP contribution is -2.52. The lowest BCUT2D eigenvalue weighted by molar-refractivity contribution is -0.140. The maximum absolute atomic E-state index is 14.0. The van der Waals surface area contributed by atoms with Crippen LogP contribution in [0.2, 0.25) is 0 Å². The number of amides is 1. The first-order valence-corrected chi connectivity index (χ1v) is 6.87. The second kappa shape index (κ2) is 5.70. The molecule has 0 aliphatic carbocycles. The van der Waals surface area contributed by atoms with E-state index in [0.717, 1.165) is 6.42 Å². The van der Waals surface area contributed by atoms with E-state index in [4.69, 9.17) is 5.73 Å². The van der Waals surface area contributed by atoms with Crippen LogP contribution in [0, 0.1) is 5.82 Å². The number of hydrogen-bond donors (Lipinski definition) is 1.